The van der Waals surface area contributed by atoms with Crippen LogP contribution in [0.2, 0.25) is 0 Å². The number of alkyl halides is 1. The molecule has 0 fully saturated rings. The number of hydrogen-bond acceptors (Lipinski definition) is 1. The van der Waals surface area contributed by atoms with Crippen molar-refractivity contribution in [3.63, 3.8) is 0 Å². The highest BCUT2D eigenvalue weighted by molar-refractivity contribution is 5.29. The van der Waals surface area contributed by atoms with E-state index in [-0.39, 0.29) is 0 Å². The first kappa shape index (κ1) is 5.86. The SMILES string of the molecule is FC1OCc2ccccc21. The smallest absolute Gasteiger partial charge is 0.225 e. The monoisotopic (exact) mass is 138 g/mol. The zero-order valence-electron chi connectivity index (χ0n) is 5.38. The summed E-state index contributed by atoms with van der Waals surface area (Å²) in [5, 5.41) is 0. The number of halogens is 1. The molecular weight excluding hydrogens is 131 g/mol. The molecule has 52 valence electrons. The fraction of sp³-hybridized carbons (Fsp3) is 0.250. The van der Waals surface area contributed by atoms with Gasteiger partial charge in [-0.3, -0.25) is 0 Å². The van der Waals surface area contributed by atoms with E-state index in [1.54, 1.807) is 6.07 Å². The lowest BCUT2D eigenvalue weighted by atomic mass is 10.1. The zero-order valence-corrected chi connectivity index (χ0v) is 5.38. The molecule has 0 saturated carbocycles. The van der Waals surface area contributed by atoms with Gasteiger partial charge in [0, 0.05) is 5.56 Å². The molecule has 0 N–H and O–H groups in total. The van der Waals surface area contributed by atoms with Crippen LogP contribution < -0.4 is 0 Å². The maximum Gasteiger partial charge on any atom is 0.225 e. The van der Waals surface area contributed by atoms with Gasteiger partial charge in [-0.2, -0.15) is 0 Å². The van der Waals surface area contributed by atoms with Crippen molar-refractivity contribution < 1.29 is 9.13 Å². The molecule has 0 radical (unpaired) electrons. The highest BCUT2D eigenvalue weighted by atomic mass is 19.1. The molecule has 0 bridgehead atoms. The predicted octanol–water partition coefficient (Wildman–Crippen LogP) is 2.18. The van der Waals surface area contributed by atoms with E-state index < -0.39 is 6.36 Å². The Morgan fingerprint density at radius 1 is 1.40 bits per heavy atom. The summed E-state index contributed by atoms with van der Waals surface area (Å²) in [6.07, 6.45) is -1.20. The average molecular weight is 138 g/mol. The van der Waals surface area contributed by atoms with E-state index in [0.29, 0.717) is 12.2 Å². The Morgan fingerprint density at radius 3 is 3.00 bits per heavy atom. The van der Waals surface area contributed by atoms with Gasteiger partial charge >= 0.3 is 0 Å². The van der Waals surface area contributed by atoms with Crippen LogP contribution in [0.1, 0.15) is 17.5 Å². The molecule has 1 nitrogen and oxygen atoms in total. The molecule has 1 aromatic rings. The van der Waals surface area contributed by atoms with Crippen LogP contribution in [0.5, 0.6) is 0 Å². The van der Waals surface area contributed by atoms with Crippen LogP contribution in [-0.4, -0.2) is 0 Å². The van der Waals surface area contributed by atoms with Gasteiger partial charge in [0.05, 0.1) is 6.61 Å². The van der Waals surface area contributed by atoms with Crippen molar-refractivity contribution in [2.45, 2.75) is 13.0 Å². The molecule has 0 aliphatic carbocycles. The van der Waals surface area contributed by atoms with E-state index >= 15 is 0 Å². The second kappa shape index (κ2) is 2.06. The van der Waals surface area contributed by atoms with Crippen LogP contribution in [0.15, 0.2) is 24.3 Å². The molecule has 2 heteroatoms. The van der Waals surface area contributed by atoms with Gasteiger partial charge in [0.25, 0.3) is 0 Å². The quantitative estimate of drug-likeness (QED) is 0.534. The zero-order chi connectivity index (χ0) is 6.97. The lowest BCUT2D eigenvalue weighted by Crippen LogP contribution is -1.83. The molecule has 10 heavy (non-hydrogen) atoms. The van der Waals surface area contributed by atoms with Crippen molar-refractivity contribution in [3.8, 4) is 0 Å². The van der Waals surface area contributed by atoms with Gasteiger partial charge < -0.3 is 4.74 Å². The van der Waals surface area contributed by atoms with E-state index in [1.807, 2.05) is 18.2 Å². The second-order valence-electron chi connectivity index (χ2n) is 2.33. The fourth-order valence-corrected chi connectivity index (χ4v) is 1.14. The number of ether oxygens (including phenoxy) is 1. The molecule has 0 spiro atoms. The molecule has 0 aromatic heterocycles. The van der Waals surface area contributed by atoms with Gasteiger partial charge in [0.15, 0.2) is 0 Å². The molecule has 1 unspecified atom stereocenters. The first-order valence-electron chi connectivity index (χ1n) is 3.21. The fourth-order valence-electron chi connectivity index (χ4n) is 1.14. The lowest BCUT2D eigenvalue weighted by molar-refractivity contribution is -0.0286. The van der Waals surface area contributed by atoms with Gasteiger partial charge in [-0.15, -0.1) is 0 Å². The van der Waals surface area contributed by atoms with Crippen LogP contribution in [0, 0.1) is 0 Å². The van der Waals surface area contributed by atoms with Crippen molar-refractivity contribution >= 4 is 0 Å². The van der Waals surface area contributed by atoms with Crippen LogP contribution in [0.3, 0.4) is 0 Å². The summed E-state index contributed by atoms with van der Waals surface area (Å²) in [4.78, 5) is 0. The number of benzene rings is 1. The van der Waals surface area contributed by atoms with E-state index in [2.05, 4.69) is 0 Å². The third-order valence-corrected chi connectivity index (χ3v) is 1.68. The molecule has 1 aromatic carbocycles. The van der Waals surface area contributed by atoms with Gasteiger partial charge in [-0.05, 0) is 5.56 Å². The van der Waals surface area contributed by atoms with Gasteiger partial charge in [-0.1, -0.05) is 24.3 Å². The third-order valence-electron chi connectivity index (χ3n) is 1.68. The topological polar surface area (TPSA) is 9.23 Å². The highest BCUT2D eigenvalue weighted by Crippen LogP contribution is 2.30. The Labute approximate surface area is 58.4 Å². The van der Waals surface area contributed by atoms with Crippen LogP contribution in [0.4, 0.5) is 4.39 Å². The lowest BCUT2D eigenvalue weighted by Gasteiger charge is -1.96. The molecule has 1 heterocycles. The van der Waals surface area contributed by atoms with Crippen molar-refractivity contribution in [2.75, 3.05) is 0 Å². The molecule has 1 aliphatic heterocycles. The van der Waals surface area contributed by atoms with Gasteiger partial charge in [-0.25, -0.2) is 4.39 Å². The summed E-state index contributed by atoms with van der Waals surface area (Å²) in [6.45, 7) is 0.414. The molecule has 1 aliphatic rings. The number of hydrogen-bond donors (Lipinski definition) is 0. The number of rotatable bonds is 0. The number of fused-ring (bicyclic) bond motifs is 1. The van der Waals surface area contributed by atoms with Crippen molar-refractivity contribution in [1.29, 1.82) is 0 Å². The average Bonchev–Trinajstić information content (AvgIpc) is 2.34. The largest absolute Gasteiger partial charge is 0.340 e. The summed E-state index contributed by atoms with van der Waals surface area (Å²) in [5.74, 6) is 0. The summed E-state index contributed by atoms with van der Waals surface area (Å²) < 4.78 is 17.5. The van der Waals surface area contributed by atoms with Gasteiger partial charge in [0.1, 0.15) is 0 Å². The van der Waals surface area contributed by atoms with Gasteiger partial charge in [0.2, 0.25) is 6.36 Å². The minimum atomic E-state index is -1.20. The van der Waals surface area contributed by atoms with Crippen molar-refractivity contribution in [3.05, 3.63) is 35.4 Å². The molecular formula is C8H7FO. The predicted molar refractivity (Wildman–Crippen MR) is 35.1 cm³/mol. The van der Waals surface area contributed by atoms with E-state index in [4.69, 9.17) is 4.74 Å². The Morgan fingerprint density at radius 2 is 2.20 bits per heavy atom. The Balaban J connectivity index is 2.51. The molecule has 1 atom stereocenters. The Kier molecular flexibility index (Phi) is 1.21. The van der Waals surface area contributed by atoms with Crippen LogP contribution in [-0.2, 0) is 11.3 Å². The first-order chi connectivity index (χ1) is 4.88. The van der Waals surface area contributed by atoms with Crippen LogP contribution >= 0.6 is 0 Å². The molecule has 0 amide bonds. The summed E-state index contributed by atoms with van der Waals surface area (Å²) >= 11 is 0. The minimum Gasteiger partial charge on any atom is -0.340 e. The second-order valence-corrected chi connectivity index (χ2v) is 2.33. The first-order valence-corrected chi connectivity index (χ1v) is 3.21. The standard InChI is InChI=1S/C8H7FO/c9-8-7-4-2-1-3-6(7)5-10-8/h1-4,8H,5H2. The van der Waals surface area contributed by atoms with E-state index in [9.17, 15) is 4.39 Å². The Bertz CT molecular complexity index is 247. The summed E-state index contributed by atoms with van der Waals surface area (Å²) in [5.41, 5.74) is 1.65. The molecule has 0 saturated heterocycles. The Hall–Kier alpha value is -0.890. The van der Waals surface area contributed by atoms with Crippen molar-refractivity contribution in [2.24, 2.45) is 0 Å². The van der Waals surface area contributed by atoms with Crippen molar-refractivity contribution in [1.82, 2.24) is 0 Å². The summed E-state index contributed by atoms with van der Waals surface area (Å²) in [7, 11) is 0. The highest BCUT2D eigenvalue weighted by Gasteiger charge is 2.20. The van der Waals surface area contributed by atoms with E-state index in [0.717, 1.165) is 5.56 Å². The maximum atomic E-state index is 12.7. The van der Waals surface area contributed by atoms with E-state index in [1.165, 1.54) is 0 Å². The van der Waals surface area contributed by atoms with Crippen LogP contribution in [0.25, 0.3) is 0 Å². The maximum absolute atomic E-state index is 12.7. The molecule has 2 rings (SSSR count). The normalized spacial score (nSPS) is 22.7. The third kappa shape index (κ3) is 0.727. The minimum absolute atomic E-state index is 0.414. The summed E-state index contributed by atoms with van der Waals surface area (Å²) in [6, 6.07) is 7.35.